The van der Waals surface area contributed by atoms with Crippen LogP contribution >= 0.6 is 0 Å². The number of nitrogens with zero attached hydrogens (tertiary/aromatic N) is 2. The quantitative estimate of drug-likeness (QED) is 0.712. The highest BCUT2D eigenvalue weighted by Crippen LogP contribution is 2.24. The molecule has 1 saturated carbocycles. The van der Waals surface area contributed by atoms with Crippen molar-refractivity contribution in [3.05, 3.63) is 0 Å². The first kappa shape index (κ1) is 10.4. The maximum absolute atomic E-state index is 5.87. The van der Waals surface area contributed by atoms with Crippen LogP contribution in [-0.4, -0.2) is 55.1 Å². The second kappa shape index (κ2) is 4.60. The Balaban J connectivity index is 1.60. The molecule has 3 heteroatoms. The van der Waals surface area contributed by atoms with Crippen molar-refractivity contribution < 1.29 is 0 Å². The van der Waals surface area contributed by atoms with Crippen molar-refractivity contribution in [1.29, 1.82) is 0 Å². The van der Waals surface area contributed by atoms with Gasteiger partial charge in [-0.05, 0) is 45.8 Å². The van der Waals surface area contributed by atoms with E-state index < -0.39 is 0 Å². The van der Waals surface area contributed by atoms with Crippen LogP contribution in [0.4, 0.5) is 0 Å². The number of likely N-dealkylation sites (tertiary alicyclic amines) is 1. The molecule has 0 bridgehead atoms. The first-order valence-electron chi connectivity index (χ1n) is 5.94. The summed E-state index contributed by atoms with van der Waals surface area (Å²) in [4.78, 5) is 5.07. The summed E-state index contributed by atoms with van der Waals surface area (Å²) in [5.74, 6) is 0. The summed E-state index contributed by atoms with van der Waals surface area (Å²) >= 11 is 0. The Labute approximate surface area is 87.2 Å². The lowest BCUT2D eigenvalue weighted by molar-refractivity contribution is 0.183. The van der Waals surface area contributed by atoms with E-state index in [2.05, 4.69) is 16.8 Å². The van der Waals surface area contributed by atoms with Gasteiger partial charge in [0, 0.05) is 25.2 Å². The minimum atomic E-state index is 0.465. The van der Waals surface area contributed by atoms with E-state index in [1.54, 1.807) is 0 Å². The Morgan fingerprint density at radius 1 is 1.21 bits per heavy atom. The molecule has 3 nitrogen and oxygen atoms in total. The molecule has 0 spiro atoms. The lowest BCUT2D eigenvalue weighted by Crippen LogP contribution is -2.42. The van der Waals surface area contributed by atoms with Gasteiger partial charge in [-0.1, -0.05) is 0 Å². The van der Waals surface area contributed by atoms with Crippen LogP contribution in [0.1, 0.15) is 25.7 Å². The highest BCUT2D eigenvalue weighted by Gasteiger charge is 2.26. The van der Waals surface area contributed by atoms with E-state index in [1.807, 2.05) is 0 Å². The number of piperidine rings is 1. The maximum atomic E-state index is 5.87. The number of likely N-dealkylation sites (N-methyl/N-ethyl adjacent to an activating group) is 1. The zero-order valence-corrected chi connectivity index (χ0v) is 9.28. The van der Waals surface area contributed by atoms with Crippen LogP contribution in [0.25, 0.3) is 0 Å². The molecular formula is C11H23N3. The third kappa shape index (κ3) is 2.94. The SMILES string of the molecule is CN(CCN1CCC(N)CC1)C1CC1. The maximum Gasteiger partial charge on any atom is 0.0109 e. The molecule has 0 aromatic rings. The Hall–Kier alpha value is -0.120. The summed E-state index contributed by atoms with van der Waals surface area (Å²) in [5, 5.41) is 0. The lowest BCUT2D eigenvalue weighted by atomic mass is 10.1. The van der Waals surface area contributed by atoms with Crippen molar-refractivity contribution in [2.75, 3.05) is 33.2 Å². The molecule has 1 saturated heterocycles. The largest absolute Gasteiger partial charge is 0.328 e. The van der Waals surface area contributed by atoms with Crippen molar-refractivity contribution in [2.24, 2.45) is 5.73 Å². The molecule has 0 radical (unpaired) electrons. The van der Waals surface area contributed by atoms with Gasteiger partial charge in [-0.2, -0.15) is 0 Å². The van der Waals surface area contributed by atoms with Crippen molar-refractivity contribution in [3.8, 4) is 0 Å². The number of hydrogen-bond acceptors (Lipinski definition) is 3. The first-order valence-corrected chi connectivity index (χ1v) is 5.94. The molecule has 1 aliphatic heterocycles. The highest BCUT2D eigenvalue weighted by molar-refractivity contribution is 4.83. The van der Waals surface area contributed by atoms with E-state index in [0.29, 0.717) is 6.04 Å². The second-order valence-corrected chi connectivity index (χ2v) is 4.89. The molecule has 0 atom stereocenters. The molecular weight excluding hydrogens is 174 g/mol. The fourth-order valence-corrected chi connectivity index (χ4v) is 2.17. The number of hydrogen-bond donors (Lipinski definition) is 1. The van der Waals surface area contributed by atoms with Gasteiger partial charge in [0.1, 0.15) is 0 Å². The fourth-order valence-electron chi connectivity index (χ4n) is 2.17. The number of rotatable bonds is 4. The van der Waals surface area contributed by atoms with Crippen molar-refractivity contribution in [1.82, 2.24) is 9.80 Å². The first-order chi connectivity index (χ1) is 6.75. The van der Waals surface area contributed by atoms with E-state index in [4.69, 9.17) is 5.73 Å². The van der Waals surface area contributed by atoms with Gasteiger partial charge in [0.05, 0.1) is 0 Å². The van der Waals surface area contributed by atoms with E-state index in [9.17, 15) is 0 Å². The van der Waals surface area contributed by atoms with Crippen LogP contribution in [-0.2, 0) is 0 Å². The molecule has 2 fully saturated rings. The van der Waals surface area contributed by atoms with Crippen LogP contribution in [0.15, 0.2) is 0 Å². The van der Waals surface area contributed by atoms with Gasteiger partial charge in [-0.25, -0.2) is 0 Å². The minimum absolute atomic E-state index is 0.465. The van der Waals surface area contributed by atoms with E-state index in [0.717, 1.165) is 6.04 Å². The van der Waals surface area contributed by atoms with E-state index >= 15 is 0 Å². The van der Waals surface area contributed by atoms with Gasteiger partial charge >= 0.3 is 0 Å². The topological polar surface area (TPSA) is 32.5 Å². The summed E-state index contributed by atoms with van der Waals surface area (Å²) in [5.41, 5.74) is 5.87. The molecule has 0 aromatic heterocycles. The molecule has 0 aromatic carbocycles. The minimum Gasteiger partial charge on any atom is -0.328 e. The van der Waals surface area contributed by atoms with Crippen molar-refractivity contribution >= 4 is 0 Å². The predicted molar refractivity (Wildman–Crippen MR) is 59.3 cm³/mol. The Kier molecular flexibility index (Phi) is 3.42. The van der Waals surface area contributed by atoms with Gasteiger partial charge < -0.3 is 15.5 Å². The third-order valence-corrected chi connectivity index (χ3v) is 3.57. The van der Waals surface area contributed by atoms with Crippen LogP contribution < -0.4 is 5.73 Å². The molecule has 2 aliphatic rings. The summed E-state index contributed by atoms with van der Waals surface area (Å²) in [6.07, 6.45) is 5.21. The van der Waals surface area contributed by atoms with Crippen molar-refractivity contribution in [2.45, 2.75) is 37.8 Å². The Morgan fingerprint density at radius 3 is 2.43 bits per heavy atom. The van der Waals surface area contributed by atoms with Gasteiger partial charge in [0.25, 0.3) is 0 Å². The molecule has 0 unspecified atom stereocenters. The zero-order valence-electron chi connectivity index (χ0n) is 9.28. The second-order valence-electron chi connectivity index (χ2n) is 4.89. The zero-order chi connectivity index (χ0) is 9.97. The van der Waals surface area contributed by atoms with E-state index in [-0.39, 0.29) is 0 Å². The van der Waals surface area contributed by atoms with Crippen LogP contribution in [0, 0.1) is 0 Å². The standard InChI is InChI=1S/C11H23N3/c1-13(11-2-3-11)8-9-14-6-4-10(12)5-7-14/h10-11H,2-9,12H2,1H3. The average Bonchev–Trinajstić information content (AvgIpc) is 3.00. The summed E-state index contributed by atoms with van der Waals surface area (Å²) in [6.45, 7) is 4.89. The van der Waals surface area contributed by atoms with Gasteiger partial charge in [0.2, 0.25) is 0 Å². The van der Waals surface area contributed by atoms with Gasteiger partial charge in [-0.15, -0.1) is 0 Å². The van der Waals surface area contributed by atoms with Gasteiger partial charge in [0.15, 0.2) is 0 Å². The van der Waals surface area contributed by atoms with Crippen LogP contribution in [0.5, 0.6) is 0 Å². The number of nitrogens with two attached hydrogens (primary N) is 1. The molecule has 82 valence electrons. The molecule has 2 rings (SSSR count). The Morgan fingerprint density at radius 2 is 1.86 bits per heavy atom. The highest BCUT2D eigenvalue weighted by atomic mass is 15.2. The predicted octanol–water partition coefficient (Wildman–Crippen LogP) is 0.504. The molecule has 0 amide bonds. The van der Waals surface area contributed by atoms with E-state index in [1.165, 1.54) is 51.9 Å². The van der Waals surface area contributed by atoms with Crippen LogP contribution in [0.3, 0.4) is 0 Å². The summed E-state index contributed by atoms with van der Waals surface area (Å²) < 4.78 is 0. The summed E-state index contributed by atoms with van der Waals surface area (Å²) in [6, 6.07) is 1.37. The average molecular weight is 197 g/mol. The molecule has 1 aliphatic carbocycles. The smallest absolute Gasteiger partial charge is 0.0109 e. The third-order valence-electron chi connectivity index (χ3n) is 3.57. The molecule has 2 N–H and O–H groups in total. The van der Waals surface area contributed by atoms with Gasteiger partial charge in [-0.3, -0.25) is 0 Å². The molecule has 14 heavy (non-hydrogen) atoms. The molecule has 1 heterocycles. The van der Waals surface area contributed by atoms with Crippen molar-refractivity contribution in [3.63, 3.8) is 0 Å². The lowest BCUT2D eigenvalue weighted by Gasteiger charge is -2.31. The monoisotopic (exact) mass is 197 g/mol. The van der Waals surface area contributed by atoms with Crippen LogP contribution in [0.2, 0.25) is 0 Å². The normalized spacial score (nSPS) is 25.9. The summed E-state index contributed by atoms with van der Waals surface area (Å²) in [7, 11) is 2.26. The fraction of sp³-hybridized carbons (Fsp3) is 1.00. The Bertz CT molecular complexity index is 171.